The van der Waals surface area contributed by atoms with Crippen LogP contribution in [0.2, 0.25) is 0 Å². The van der Waals surface area contributed by atoms with Gasteiger partial charge in [0.05, 0.1) is 11.2 Å². The number of hydrogen-bond acceptors (Lipinski definition) is 2. The number of fused-ring (bicyclic) bond motifs is 1. The zero-order chi connectivity index (χ0) is 15.0. The number of rotatable bonds is 2. The Morgan fingerprint density at radius 3 is 3.00 bits per heavy atom. The molecule has 110 valence electrons. The van der Waals surface area contributed by atoms with Gasteiger partial charge in [-0.3, -0.25) is 9.58 Å². The first-order chi connectivity index (χ1) is 10.1. The van der Waals surface area contributed by atoms with Crippen LogP contribution in [0.3, 0.4) is 0 Å². The molecule has 5 nitrogen and oxygen atoms in total. The van der Waals surface area contributed by atoms with Crippen molar-refractivity contribution in [1.29, 1.82) is 0 Å². The Kier molecular flexibility index (Phi) is 3.41. The van der Waals surface area contributed by atoms with Crippen LogP contribution in [0.1, 0.15) is 25.8 Å². The highest BCUT2D eigenvalue weighted by Gasteiger charge is 2.24. The largest absolute Gasteiger partial charge is 0.465 e. The number of benzene rings is 1. The molecular weight excluding hydrogens is 266 g/mol. The van der Waals surface area contributed by atoms with Crippen molar-refractivity contribution in [2.24, 2.45) is 5.92 Å². The molecule has 1 aliphatic heterocycles. The predicted octanol–water partition coefficient (Wildman–Crippen LogP) is 3.42. The summed E-state index contributed by atoms with van der Waals surface area (Å²) in [6.45, 7) is 5.49. The van der Waals surface area contributed by atoms with Crippen LogP contribution in [0, 0.1) is 5.92 Å². The monoisotopic (exact) mass is 285 g/mol. The smallest absolute Gasteiger partial charge is 0.411 e. The van der Waals surface area contributed by atoms with Gasteiger partial charge in [0.25, 0.3) is 0 Å². The van der Waals surface area contributed by atoms with Gasteiger partial charge in [-0.1, -0.05) is 19.1 Å². The van der Waals surface area contributed by atoms with Gasteiger partial charge in [0, 0.05) is 24.7 Å². The number of aromatic nitrogens is 2. The van der Waals surface area contributed by atoms with Crippen molar-refractivity contribution >= 4 is 22.7 Å². The Morgan fingerprint density at radius 1 is 1.48 bits per heavy atom. The van der Waals surface area contributed by atoms with E-state index in [1.165, 1.54) is 4.90 Å². The van der Waals surface area contributed by atoms with E-state index in [4.69, 9.17) is 0 Å². The van der Waals surface area contributed by atoms with E-state index in [2.05, 4.69) is 12.0 Å². The molecule has 0 unspecified atom stereocenters. The molecule has 0 saturated heterocycles. The quantitative estimate of drug-likeness (QED) is 0.919. The van der Waals surface area contributed by atoms with Crippen LogP contribution in [0.15, 0.2) is 30.5 Å². The lowest BCUT2D eigenvalue weighted by Gasteiger charge is -2.30. The van der Waals surface area contributed by atoms with Crippen molar-refractivity contribution in [3.8, 4) is 0 Å². The lowest BCUT2D eigenvalue weighted by atomic mass is 9.98. The molecule has 5 heteroatoms. The summed E-state index contributed by atoms with van der Waals surface area (Å²) < 4.78 is 1.89. The molecule has 1 amide bonds. The van der Waals surface area contributed by atoms with Crippen molar-refractivity contribution in [2.45, 2.75) is 26.8 Å². The van der Waals surface area contributed by atoms with Gasteiger partial charge in [-0.05, 0) is 37.0 Å². The van der Waals surface area contributed by atoms with Crippen LogP contribution in [0.25, 0.3) is 16.6 Å². The molecule has 0 aliphatic carbocycles. The van der Waals surface area contributed by atoms with Crippen molar-refractivity contribution in [3.63, 3.8) is 0 Å². The predicted molar refractivity (Wildman–Crippen MR) is 81.9 cm³/mol. The molecule has 1 atom stereocenters. The van der Waals surface area contributed by atoms with E-state index >= 15 is 0 Å². The summed E-state index contributed by atoms with van der Waals surface area (Å²) in [4.78, 5) is 12.9. The van der Waals surface area contributed by atoms with E-state index in [0.29, 0.717) is 12.5 Å². The summed E-state index contributed by atoms with van der Waals surface area (Å²) in [6.07, 6.45) is 4.03. The normalized spacial score (nSPS) is 18.9. The second-order valence-corrected chi connectivity index (χ2v) is 5.58. The van der Waals surface area contributed by atoms with Crippen LogP contribution in [0.4, 0.5) is 4.79 Å². The highest BCUT2D eigenvalue weighted by atomic mass is 16.4. The van der Waals surface area contributed by atoms with Crippen LogP contribution in [-0.2, 0) is 6.54 Å². The molecule has 2 heterocycles. The van der Waals surface area contributed by atoms with Gasteiger partial charge in [0.2, 0.25) is 0 Å². The maximum absolute atomic E-state index is 11.5. The minimum absolute atomic E-state index is 0.358. The molecule has 1 aromatic heterocycles. The molecule has 0 bridgehead atoms. The molecule has 0 fully saturated rings. The number of amides is 1. The standard InChI is InChI=1S/C16H19N3O2/c1-3-18-10-13-8-12(5-6-14(13)17-18)15-7-4-11(2)9-19(15)16(20)21/h5-8,10-11H,3-4,9H2,1-2H3,(H,20,21)/t11-/m0/s1. The Bertz CT molecular complexity index is 717. The van der Waals surface area contributed by atoms with Crippen LogP contribution in [0.5, 0.6) is 0 Å². The number of carboxylic acid groups (broad SMARTS) is 1. The molecule has 3 rings (SSSR count). The van der Waals surface area contributed by atoms with Gasteiger partial charge in [-0.25, -0.2) is 4.79 Å². The van der Waals surface area contributed by atoms with Crippen molar-refractivity contribution in [1.82, 2.24) is 14.7 Å². The number of carbonyl (C=O) groups is 1. The van der Waals surface area contributed by atoms with E-state index in [9.17, 15) is 9.90 Å². The zero-order valence-electron chi connectivity index (χ0n) is 12.3. The van der Waals surface area contributed by atoms with Crippen molar-refractivity contribution < 1.29 is 9.90 Å². The van der Waals surface area contributed by atoms with Gasteiger partial charge in [-0.15, -0.1) is 0 Å². The Hall–Kier alpha value is -2.30. The number of hydrogen-bond donors (Lipinski definition) is 1. The summed E-state index contributed by atoms with van der Waals surface area (Å²) in [5.74, 6) is 0.358. The third-order valence-corrected chi connectivity index (χ3v) is 3.90. The molecule has 0 saturated carbocycles. The van der Waals surface area contributed by atoms with Gasteiger partial charge in [0.1, 0.15) is 0 Å². The van der Waals surface area contributed by atoms with E-state index in [-0.39, 0.29) is 0 Å². The number of allylic oxidation sites excluding steroid dienone is 1. The Morgan fingerprint density at radius 2 is 2.29 bits per heavy atom. The van der Waals surface area contributed by atoms with E-state index in [0.717, 1.165) is 35.1 Å². The van der Waals surface area contributed by atoms with Gasteiger partial charge in [-0.2, -0.15) is 5.10 Å². The molecule has 1 aromatic carbocycles. The SMILES string of the molecule is CCn1cc2cc(C3=CC[C@H](C)CN3C(=O)O)ccc2n1. The Balaban J connectivity index is 2.03. The minimum Gasteiger partial charge on any atom is -0.465 e. The average Bonchev–Trinajstić information content (AvgIpc) is 2.89. The van der Waals surface area contributed by atoms with Crippen LogP contribution >= 0.6 is 0 Å². The molecule has 1 aliphatic rings. The van der Waals surface area contributed by atoms with Crippen LogP contribution < -0.4 is 0 Å². The summed E-state index contributed by atoms with van der Waals surface area (Å²) in [5, 5.41) is 14.9. The van der Waals surface area contributed by atoms with Crippen molar-refractivity contribution in [3.05, 3.63) is 36.0 Å². The minimum atomic E-state index is -0.892. The van der Waals surface area contributed by atoms with Crippen molar-refractivity contribution in [2.75, 3.05) is 6.54 Å². The zero-order valence-corrected chi connectivity index (χ0v) is 12.3. The summed E-state index contributed by atoms with van der Waals surface area (Å²) >= 11 is 0. The molecule has 0 radical (unpaired) electrons. The average molecular weight is 285 g/mol. The molecular formula is C16H19N3O2. The molecule has 2 aromatic rings. The second-order valence-electron chi connectivity index (χ2n) is 5.58. The number of nitrogens with zero attached hydrogens (tertiary/aromatic N) is 3. The van der Waals surface area contributed by atoms with E-state index < -0.39 is 6.09 Å². The third kappa shape index (κ3) is 2.51. The fraction of sp³-hybridized carbons (Fsp3) is 0.375. The lowest BCUT2D eigenvalue weighted by Crippen LogP contribution is -2.34. The van der Waals surface area contributed by atoms with Gasteiger partial charge in [0.15, 0.2) is 0 Å². The van der Waals surface area contributed by atoms with Gasteiger partial charge >= 0.3 is 6.09 Å². The second kappa shape index (κ2) is 5.24. The summed E-state index contributed by atoms with van der Waals surface area (Å²) in [5.41, 5.74) is 2.66. The molecule has 21 heavy (non-hydrogen) atoms. The number of aryl methyl sites for hydroxylation is 1. The lowest BCUT2D eigenvalue weighted by molar-refractivity contribution is 0.159. The molecule has 0 spiro atoms. The Labute approximate surface area is 123 Å². The fourth-order valence-corrected chi connectivity index (χ4v) is 2.76. The summed E-state index contributed by atoms with van der Waals surface area (Å²) in [6, 6.07) is 5.93. The fourth-order valence-electron chi connectivity index (χ4n) is 2.76. The van der Waals surface area contributed by atoms with Gasteiger partial charge < -0.3 is 5.11 Å². The highest BCUT2D eigenvalue weighted by molar-refractivity contribution is 5.87. The van der Waals surface area contributed by atoms with E-state index in [1.807, 2.05) is 42.1 Å². The maximum atomic E-state index is 11.5. The highest BCUT2D eigenvalue weighted by Crippen LogP contribution is 2.29. The van der Waals surface area contributed by atoms with Crippen LogP contribution in [-0.4, -0.2) is 32.4 Å². The molecule has 1 N–H and O–H groups in total. The first kappa shape index (κ1) is 13.7. The third-order valence-electron chi connectivity index (χ3n) is 3.90. The topological polar surface area (TPSA) is 58.4 Å². The maximum Gasteiger partial charge on any atom is 0.411 e. The first-order valence-corrected chi connectivity index (χ1v) is 7.26. The first-order valence-electron chi connectivity index (χ1n) is 7.26. The van der Waals surface area contributed by atoms with E-state index in [1.54, 1.807) is 0 Å². The summed E-state index contributed by atoms with van der Waals surface area (Å²) in [7, 11) is 0.